The Morgan fingerprint density at radius 3 is 1.33 bits per heavy atom. The number of anilines is 8. The number of rotatable bonds is 16. The monoisotopic (exact) mass is 976 g/mol. The molecule has 22 nitrogen and oxygen atoms in total. The molecule has 0 atom stereocenters. The third-order valence-electron chi connectivity index (χ3n) is 8.55. The van der Waals surface area contributed by atoms with Gasteiger partial charge in [0.1, 0.15) is 23.0 Å². The Labute approximate surface area is 408 Å². The van der Waals surface area contributed by atoms with E-state index in [0.29, 0.717) is 65.3 Å². The molecule has 7 amide bonds. The van der Waals surface area contributed by atoms with E-state index in [1.165, 1.54) is 24.7 Å². The first-order valence-electron chi connectivity index (χ1n) is 21.7. The Bertz CT molecular complexity index is 2670. The van der Waals surface area contributed by atoms with Gasteiger partial charge in [-0.1, -0.05) is 29.8 Å². The summed E-state index contributed by atoms with van der Waals surface area (Å²) in [5.41, 5.74) is 3.77. The quantitative estimate of drug-likeness (QED) is 0.0413. The van der Waals surface area contributed by atoms with Gasteiger partial charge in [0.15, 0.2) is 0 Å². The number of esters is 2. The van der Waals surface area contributed by atoms with Gasteiger partial charge in [-0.05, 0) is 71.0 Å². The molecular formula is C47H53ClN14O8. The van der Waals surface area contributed by atoms with Gasteiger partial charge in [0.05, 0.1) is 64.5 Å². The zero-order valence-corrected chi connectivity index (χ0v) is 39.6. The first-order chi connectivity index (χ1) is 33.9. The summed E-state index contributed by atoms with van der Waals surface area (Å²) in [7, 11) is 0. The van der Waals surface area contributed by atoms with E-state index in [9.17, 15) is 28.8 Å². The fourth-order valence-corrected chi connectivity index (χ4v) is 5.76. The minimum atomic E-state index is -0.542. The third-order valence-corrected chi connectivity index (χ3v) is 8.86. The molecule has 6 rings (SSSR count). The first-order valence-corrected chi connectivity index (χ1v) is 22.1. The van der Waals surface area contributed by atoms with Gasteiger partial charge >= 0.3 is 30.0 Å². The van der Waals surface area contributed by atoms with Gasteiger partial charge in [0, 0.05) is 74.5 Å². The number of hydrogen-bond acceptors (Lipinski definition) is 15. The van der Waals surface area contributed by atoms with Crippen molar-refractivity contribution in [2.24, 2.45) is 0 Å². The molecule has 366 valence electrons. The molecule has 0 radical (unpaired) electrons. The van der Waals surface area contributed by atoms with Crippen LogP contribution in [0.2, 0.25) is 5.02 Å². The maximum absolute atomic E-state index is 12.8. The summed E-state index contributed by atoms with van der Waals surface area (Å²) in [4.78, 5) is 91.2. The lowest BCUT2D eigenvalue weighted by Crippen LogP contribution is -2.28. The molecule has 1 aromatic carbocycles. The summed E-state index contributed by atoms with van der Waals surface area (Å²) in [6, 6.07) is 19.7. The van der Waals surface area contributed by atoms with E-state index in [1.54, 1.807) is 88.0 Å². The molecule has 5 aromatic heterocycles. The van der Waals surface area contributed by atoms with Gasteiger partial charge < -0.3 is 41.4 Å². The van der Waals surface area contributed by atoms with Crippen molar-refractivity contribution in [3.8, 4) is 0 Å². The van der Waals surface area contributed by atoms with E-state index in [0.717, 1.165) is 0 Å². The second-order valence-electron chi connectivity index (χ2n) is 13.7. The van der Waals surface area contributed by atoms with Crippen LogP contribution in [0.4, 0.5) is 60.3 Å². The van der Waals surface area contributed by atoms with Crippen molar-refractivity contribution >= 4 is 93.4 Å². The molecule has 9 N–H and O–H groups in total. The highest BCUT2D eigenvalue weighted by atomic mass is 35.5. The van der Waals surface area contributed by atoms with Crippen molar-refractivity contribution in [2.75, 3.05) is 64.7 Å². The van der Waals surface area contributed by atoms with Crippen LogP contribution in [0.3, 0.4) is 0 Å². The summed E-state index contributed by atoms with van der Waals surface area (Å²) < 4.78 is 9.84. The molecule has 0 saturated heterocycles. The zero-order chi connectivity index (χ0) is 50.7. The number of halogens is 1. The molecule has 0 aliphatic heterocycles. The topological polar surface area (TPSA) is 294 Å². The van der Waals surface area contributed by atoms with Crippen LogP contribution in [-0.2, 0) is 9.47 Å². The number of nitrogens with zero attached hydrogens (tertiary/aromatic N) is 5. The van der Waals surface area contributed by atoms with E-state index >= 15 is 0 Å². The molecule has 5 heterocycles. The molecule has 0 aliphatic carbocycles. The lowest BCUT2D eigenvalue weighted by Gasteiger charge is -2.14. The summed E-state index contributed by atoms with van der Waals surface area (Å²) in [5, 5.41) is 24.7. The predicted molar refractivity (Wildman–Crippen MR) is 267 cm³/mol. The van der Waals surface area contributed by atoms with Gasteiger partial charge in [-0.25, -0.2) is 38.9 Å². The van der Waals surface area contributed by atoms with Crippen LogP contribution in [-0.4, -0.2) is 93.7 Å². The maximum atomic E-state index is 12.8. The van der Waals surface area contributed by atoms with Crippen LogP contribution in [0.1, 0.15) is 65.7 Å². The SMILES string of the molecule is CCNC(=O)Nc1cc(Cl)c(C(=O)OCC)cn1.CCNC(=O)Nc1cc(Nc2cccnc2)c(C(=O)Nc2ccccc2)cn1.CCNC(=O)Nc1cc(Nc2cccnc2)c(C(=O)OCC)cn1. The Balaban J connectivity index is 0.000000234. The van der Waals surface area contributed by atoms with Crippen molar-refractivity contribution in [1.82, 2.24) is 40.9 Å². The number of para-hydroxylation sites is 1. The molecule has 0 bridgehead atoms. The number of amides is 7. The van der Waals surface area contributed by atoms with Crippen molar-refractivity contribution in [1.29, 1.82) is 0 Å². The Morgan fingerprint density at radius 2 is 0.900 bits per heavy atom. The van der Waals surface area contributed by atoms with Crippen molar-refractivity contribution in [2.45, 2.75) is 34.6 Å². The smallest absolute Gasteiger partial charge is 0.341 e. The summed E-state index contributed by atoms with van der Waals surface area (Å²) in [6.07, 6.45) is 10.6. The van der Waals surface area contributed by atoms with E-state index in [4.69, 9.17) is 21.1 Å². The highest BCUT2D eigenvalue weighted by Gasteiger charge is 2.18. The predicted octanol–water partition coefficient (Wildman–Crippen LogP) is 8.21. The maximum Gasteiger partial charge on any atom is 0.341 e. The minimum absolute atomic E-state index is 0.167. The first kappa shape index (κ1) is 53.7. The lowest BCUT2D eigenvalue weighted by molar-refractivity contribution is 0.0517. The number of aromatic nitrogens is 5. The highest BCUT2D eigenvalue weighted by molar-refractivity contribution is 6.33. The van der Waals surface area contributed by atoms with Gasteiger partial charge in [0.25, 0.3) is 5.91 Å². The van der Waals surface area contributed by atoms with Gasteiger partial charge in [-0.3, -0.25) is 30.7 Å². The summed E-state index contributed by atoms with van der Waals surface area (Å²) >= 11 is 5.91. The number of carbonyl (C=O) groups excluding carboxylic acids is 6. The third kappa shape index (κ3) is 18.0. The largest absolute Gasteiger partial charge is 0.462 e. The number of urea groups is 3. The molecule has 6 aromatic rings. The Hall–Kier alpha value is -8.92. The number of carbonyl (C=O) groups is 6. The summed E-state index contributed by atoms with van der Waals surface area (Å²) in [5.74, 6) is -0.483. The second kappa shape index (κ2) is 29.0. The number of nitrogens with one attached hydrogen (secondary N) is 9. The van der Waals surface area contributed by atoms with Crippen LogP contribution in [0.25, 0.3) is 0 Å². The van der Waals surface area contributed by atoms with E-state index in [2.05, 4.69) is 72.8 Å². The normalized spacial score (nSPS) is 9.91. The molecule has 0 aliphatic rings. The fourth-order valence-electron chi connectivity index (χ4n) is 5.53. The average molecular weight is 977 g/mol. The molecule has 0 fully saturated rings. The zero-order valence-electron chi connectivity index (χ0n) is 38.9. The van der Waals surface area contributed by atoms with E-state index < -0.39 is 11.9 Å². The minimum Gasteiger partial charge on any atom is -0.462 e. The van der Waals surface area contributed by atoms with Crippen molar-refractivity contribution in [3.05, 3.63) is 138 Å². The van der Waals surface area contributed by atoms with E-state index in [-0.39, 0.29) is 59.2 Å². The molecule has 0 saturated carbocycles. The molecule has 70 heavy (non-hydrogen) atoms. The molecule has 23 heteroatoms. The number of benzene rings is 1. The van der Waals surface area contributed by atoms with Crippen molar-refractivity contribution in [3.63, 3.8) is 0 Å². The van der Waals surface area contributed by atoms with Crippen molar-refractivity contribution < 1.29 is 38.2 Å². The van der Waals surface area contributed by atoms with E-state index in [1.807, 2.05) is 38.1 Å². The van der Waals surface area contributed by atoms with Gasteiger partial charge in [0.2, 0.25) is 0 Å². The number of hydrogen-bond donors (Lipinski definition) is 9. The van der Waals surface area contributed by atoms with Crippen LogP contribution in [0, 0.1) is 0 Å². The molecular weight excluding hydrogens is 924 g/mol. The molecule has 0 spiro atoms. The second-order valence-corrected chi connectivity index (χ2v) is 14.1. The Morgan fingerprint density at radius 1 is 0.486 bits per heavy atom. The molecule has 0 unspecified atom stereocenters. The van der Waals surface area contributed by atoms with Gasteiger partial charge in [-0.15, -0.1) is 0 Å². The summed E-state index contributed by atoms with van der Waals surface area (Å²) in [6.45, 7) is 10.8. The number of ether oxygens (including phenoxy) is 2. The average Bonchev–Trinajstić information content (AvgIpc) is 3.33. The number of pyridine rings is 5. The standard InChI is InChI=1S/C20H20N6O2.C16H19N5O3.C11H14ClN3O3/c1-2-22-20(28)26-18-11-17(24-15-9-6-10-21-12-15)16(13-23-18)19(27)25-14-7-4-3-5-8-14;1-3-18-16(23)21-14-8-13(20-11-6-5-7-17-9-11)12(10-19-14)15(22)24-4-2;1-3-13-11(17)15-9-5-8(12)7(6-14-9)10(16)18-4-2/h3-13H,2H2,1H3,(H,25,27)(H3,22,23,24,26,28);5-10H,3-4H2,1-2H3,(H3,18,19,20,21,23);5-6H,3-4H2,1-2H3,(H2,13,14,15,17). The van der Waals surface area contributed by atoms with Gasteiger partial charge in [-0.2, -0.15) is 0 Å². The highest BCUT2D eigenvalue weighted by Crippen LogP contribution is 2.26. The fraction of sp³-hybridized carbons (Fsp3) is 0.213. The van der Waals surface area contributed by atoms with Crippen LogP contribution >= 0.6 is 11.6 Å². The Kier molecular flexibility index (Phi) is 22.2. The van der Waals surface area contributed by atoms with Crippen LogP contribution in [0.5, 0.6) is 0 Å². The van der Waals surface area contributed by atoms with Crippen LogP contribution in [0.15, 0.2) is 116 Å². The lowest BCUT2D eigenvalue weighted by atomic mass is 10.2. The van der Waals surface area contributed by atoms with Crippen LogP contribution < -0.4 is 47.9 Å².